The predicted molar refractivity (Wildman–Crippen MR) is 101 cm³/mol. The third kappa shape index (κ3) is 4.45. The molecule has 0 atom stereocenters. The summed E-state index contributed by atoms with van der Waals surface area (Å²) in [5, 5.41) is 2.97. The fraction of sp³-hybridized carbons (Fsp3) is 0.278. The topological polar surface area (TPSA) is 55.1 Å². The lowest BCUT2D eigenvalue weighted by Crippen LogP contribution is -2.25. The van der Waals surface area contributed by atoms with E-state index in [9.17, 15) is 4.79 Å². The number of carbonyl (C=O) groups is 1. The molecule has 23 heavy (non-hydrogen) atoms. The number of hydrogen-bond donors (Lipinski definition) is 2. The normalized spacial score (nSPS) is 14.8. The monoisotopic (exact) mass is 344 g/mol. The zero-order chi connectivity index (χ0) is 16.1. The molecule has 1 saturated heterocycles. The van der Waals surface area contributed by atoms with Crippen LogP contribution in [-0.2, 0) is 6.42 Å². The van der Waals surface area contributed by atoms with Gasteiger partial charge in [0, 0.05) is 29.3 Å². The van der Waals surface area contributed by atoms with E-state index < -0.39 is 0 Å². The Morgan fingerprint density at radius 3 is 2.35 bits per heavy atom. The van der Waals surface area contributed by atoms with Crippen LogP contribution in [0.25, 0.3) is 0 Å². The highest BCUT2D eigenvalue weighted by atomic mass is 32.2. The second kappa shape index (κ2) is 7.79. The summed E-state index contributed by atoms with van der Waals surface area (Å²) < 4.78 is 0.526. The van der Waals surface area contributed by atoms with Crippen molar-refractivity contribution in [2.45, 2.75) is 11.0 Å². The van der Waals surface area contributed by atoms with Gasteiger partial charge in [-0.05, 0) is 41.8 Å². The Balaban J connectivity index is 1.50. The molecule has 1 aliphatic heterocycles. The summed E-state index contributed by atoms with van der Waals surface area (Å²) in [4.78, 5) is 12.2. The first-order valence-electron chi connectivity index (χ1n) is 7.68. The molecule has 3 nitrogen and oxygen atoms in total. The van der Waals surface area contributed by atoms with Crippen molar-refractivity contribution in [1.29, 1.82) is 0 Å². The highest BCUT2D eigenvalue weighted by Crippen LogP contribution is 2.45. The molecule has 1 fully saturated rings. The van der Waals surface area contributed by atoms with Gasteiger partial charge in [-0.1, -0.05) is 24.3 Å². The third-order valence-corrected chi connectivity index (χ3v) is 6.85. The van der Waals surface area contributed by atoms with Crippen LogP contribution in [0.15, 0.2) is 48.5 Å². The molecule has 0 aromatic heterocycles. The van der Waals surface area contributed by atoms with Gasteiger partial charge in [-0.15, -0.1) is 23.5 Å². The number of nitrogen functional groups attached to an aromatic ring is 1. The number of anilines is 1. The van der Waals surface area contributed by atoms with Crippen molar-refractivity contribution in [2.75, 3.05) is 23.8 Å². The average Bonchev–Trinajstić information content (AvgIpc) is 3.11. The summed E-state index contributed by atoms with van der Waals surface area (Å²) in [5.41, 5.74) is 9.62. The van der Waals surface area contributed by atoms with E-state index in [0.717, 1.165) is 17.7 Å². The Labute approximate surface area is 145 Å². The number of nitrogens with one attached hydrogen (secondary N) is 1. The Morgan fingerprint density at radius 2 is 1.70 bits per heavy atom. The number of benzene rings is 2. The van der Waals surface area contributed by atoms with Crippen LogP contribution in [0.4, 0.5) is 5.69 Å². The van der Waals surface area contributed by atoms with Gasteiger partial charge in [0.1, 0.15) is 0 Å². The van der Waals surface area contributed by atoms with Gasteiger partial charge < -0.3 is 11.1 Å². The lowest BCUT2D eigenvalue weighted by molar-refractivity contribution is 0.0954. The molecule has 0 spiro atoms. The summed E-state index contributed by atoms with van der Waals surface area (Å²) in [6, 6.07) is 15.8. The summed E-state index contributed by atoms with van der Waals surface area (Å²) in [6.45, 7) is 0.624. The number of carbonyl (C=O) groups excluding carboxylic acids is 1. The van der Waals surface area contributed by atoms with Crippen LogP contribution >= 0.6 is 23.5 Å². The molecule has 2 aromatic rings. The predicted octanol–water partition coefficient (Wildman–Crippen LogP) is 3.72. The molecular formula is C18H20N2OS2. The van der Waals surface area contributed by atoms with Crippen molar-refractivity contribution < 1.29 is 4.79 Å². The summed E-state index contributed by atoms with van der Waals surface area (Å²) in [5.74, 6) is 2.41. The Bertz CT molecular complexity index is 650. The number of rotatable bonds is 5. The Morgan fingerprint density at radius 1 is 1.04 bits per heavy atom. The lowest BCUT2D eigenvalue weighted by atomic mass is 10.1. The molecule has 0 aliphatic carbocycles. The average molecular weight is 345 g/mol. The molecule has 5 heteroatoms. The number of amides is 1. The van der Waals surface area contributed by atoms with Crippen LogP contribution in [0.3, 0.4) is 0 Å². The number of hydrogen-bond acceptors (Lipinski definition) is 4. The smallest absolute Gasteiger partial charge is 0.251 e. The zero-order valence-electron chi connectivity index (χ0n) is 12.8. The van der Waals surface area contributed by atoms with Crippen molar-refractivity contribution in [1.82, 2.24) is 5.32 Å². The van der Waals surface area contributed by atoms with E-state index in [0.29, 0.717) is 11.1 Å². The first-order chi connectivity index (χ1) is 11.2. The fourth-order valence-corrected chi connectivity index (χ4v) is 5.31. The van der Waals surface area contributed by atoms with E-state index in [4.69, 9.17) is 5.73 Å². The highest BCUT2D eigenvalue weighted by Gasteiger charge is 2.18. The van der Waals surface area contributed by atoms with Crippen LogP contribution in [0.5, 0.6) is 0 Å². The molecule has 0 unspecified atom stereocenters. The van der Waals surface area contributed by atoms with Crippen molar-refractivity contribution in [3.8, 4) is 0 Å². The molecule has 0 radical (unpaired) electrons. The molecule has 120 valence electrons. The summed E-state index contributed by atoms with van der Waals surface area (Å²) in [6.07, 6.45) is 0.805. The molecular weight excluding hydrogens is 324 g/mol. The van der Waals surface area contributed by atoms with E-state index in [1.807, 2.05) is 59.9 Å². The van der Waals surface area contributed by atoms with Gasteiger partial charge in [-0.3, -0.25) is 4.79 Å². The van der Waals surface area contributed by atoms with Crippen LogP contribution in [0.1, 0.15) is 26.1 Å². The maximum absolute atomic E-state index is 12.2. The van der Waals surface area contributed by atoms with Crippen LogP contribution in [-0.4, -0.2) is 24.0 Å². The van der Waals surface area contributed by atoms with Crippen molar-refractivity contribution in [2.24, 2.45) is 0 Å². The molecule has 2 aromatic carbocycles. The molecule has 0 bridgehead atoms. The maximum Gasteiger partial charge on any atom is 0.251 e. The minimum atomic E-state index is -0.0151. The van der Waals surface area contributed by atoms with E-state index in [1.165, 1.54) is 22.6 Å². The van der Waals surface area contributed by atoms with Crippen molar-refractivity contribution in [3.63, 3.8) is 0 Å². The minimum absolute atomic E-state index is 0.0151. The highest BCUT2D eigenvalue weighted by molar-refractivity contribution is 8.19. The summed E-state index contributed by atoms with van der Waals surface area (Å²) in [7, 11) is 0. The standard InChI is InChI=1S/C18H20N2OS2/c19-16-7-1-13(2-8-16)9-10-20-17(21)14-3-5-15(6-4-14)18-22-11-12-23-18/h1-8,18H,9-12,19H2,(H,20,21). The van der Waals surface area contributed by atoms with Gasteiger partial charge in [-0.25, -0.2) is 0 Å². The Kier molecular flexibility index (Phi) is 5.51. The van der Waals surface area contributed by atoms with E-state index in [2.05, 4.69) is 17.4 Å². The number of nitrogens with two attached hydrogens (primary N) is 1. The van der Waals surface area contributed by atoms with Gasteiger partial charge in [0.15, 0.2) is 0 Å². The second-order valence-corrected chi connectivity index (χ2v) is 8.17. The molecule has 3 N–H and O–H groups in total. The van der Waals surface area contributed by atoms with E-state index in [-0.39, 0.29) is 5.91 Å². The second-order valence-electron chi connectivity index (χ2n) is 5.44. The zero-order valence-corrected chi connectivity index (χ0v) is 14.5. The van der Waals surface area contributed by atoms with Gasteiger partial charge in [-0.2, -0.15) is 0 Å². The third-order valence-electron chi connectivity index (χ3n) is 3.75. The molecule has 1 aliphatic rings. The Hall–Kier alpha value is -1.59. The van der Waals surface area contributed by atoms with Crippen LogP contribution < -0.4 is 11.1 Å². The summed E-state index contributed by atoms with van der Waals surface area (Å²) >= 11 is 3.95. The minimum Gasteiger partial charge on any atom is -0.399 e. The van der Waals surface area contributed by atoms with Gasteiger partial charge in [0.25, 0.3) is 5.91 Å². The van der Waals surface area contributed by atoms with E-state index >= 15 is 0 Å². The molecule has 0 saturated carbocycles. The lowest BCUT2D eigenvalue weighted by Gasteiger charge is -2.10. The molecule has 1 heterocycles. The fourth-order valence-electron chi connectivity index (χ4n) is 2.45. The van der Waals surface area contributed by atoms with Crippen molar-refractivity contribution in [3.05, 3.63) is 65.2 Å². The van der Waals surface area contributed by atoms with Crippen LogP contribution in [0, 0.1) is 0 Å². The van der Waals surface area contributed by atoms with Crippen LogP contribution in [0.2, 0.25) is 0 Å². The first-order valence-corrected chi connectivity index (χ1v) is 9.78. The van der Waals surface area contributed by atoms with E-state index in [1.54, 1.807) is 0 Å². The molecule has 3 rings (SSSR count). The SMILES string of the molecule is Nc1ccc(CCNC(=O)c2ccc(C3SCCS3)cc2)cc1. The maximum atomic E-state index is 12.2. The molecule has 1 amide bonds. The van der Waals surface area contributed by atoms with Crippen molar-refractivity contribution >= 4 is 35.1 Å². The van der Waals surface area contributed by atoms with Gasteiger partial charge in [0.05, 0.1) is 4.58 Å². The van der Waals surface area contributed by atoms with Gasteiger partial charge in [0.2, 0.25) is 0 Å². The largest absolute Gasteiger partial charge is 0.399 e. The van der Waals surface area contributed by atoms with Gasteiger partial charge >= 0.3 is 0 Å². The first kappa shape index (κ1) is 16.3. The number of thioether (sulfide) groups is 2. The quantitative estimate of drug-likeness (QED) is 0.812.